The summed E-state index contributed by atoms with van der Waals surface area (Å²) in [5.74, 6) is -0.657. The Balaban J connectivity index is 1.62. The number of aliphatic hydroxyl groups is 1. The Labute approximate surface area is 165 Å². The minimum atomic E-state index is -3.50. The maximum absolute atomic E-state index is 12.4. The van der Waals surface area contributed by atoms with Crippen molar-refractivity contribution in [3.8, 4) is 0 Å². The molecule has 1 N–H and O–H groups in total. The van der Waals surface area contributed by atoms with Crippen LogP contribution in [-0.4, -0.2) is 68.6 Å². The van der Waals surface area contributed by atoms with Crippen LogP contribution >= 0.6 is 7.60 Å². The number of epoxide rings is 1. The van der Waals surface area contributed by atoms with E-state index in [0.717, 1.165) is 6.42 Å². The number of hydrogen-bond acceptors (Lipinski definition) is 8. The standard InChI is InChI=1S/C19H29O8P/c1-12-5-6-18(10-25-16(21)9-28(22,23-3)24-4)14(7-12)27-15-8-13(20)17(18,2)19(15)11-26-19/h7,13-15,20H,5-6,8-11H2,1-4H3/t13-,14-,15-,17?,18-,19?/m1/s1. The third kappa shape index (κ3) is 2.62. The lowest BCUT2D eigenvalue weighted by atomic mass is 9.51. The van der Waals surface area contributed by atoms with Crippen LogP contribution < -0.4 is 0 Å². The molecule has 4 rings (SSSR count). The summed E-state index contributed by atoms with van der Waals surface area (Å²) in [6.45, 7) is 4.70. The van der Waals surface area contributed by atoms with Gasteiger partial charge in [0.2, 0.25) is 0 Å². The van der Waals surface area contributed by atoms with Gasteiger partial charge >= 0.3 is 13.6 Å². The molecular formula is C19H29O8P. The Kier molecular flexibility index (Phi) is 4.85. The van der Waals surface area contributed by atoms with Gasteiger partial charge in [-0.05, 0) is 19.8 Å². The van der Waals surface area contributed by atoms with Gasteiger partial charge in [-0.15, -0.1) is 0 Å². The van der Waals surface area contributed by atoms with Crippen molar-refractivity contribution in [2.45, 2.75) is 57.0 Å². The molecule has 9 heteroatoms. The lowest BCUT2D eigenvalue weighted by molar-refractivity contribution is -0.229. The molecule has 2 unspecified atom stereocenters. The van der Waals surface area contributed by atoms with Crippen molar-refractivity contribution in [1.29, 1.82) is 0 Å². The van der Waals surface area contributed by atoms with E-state index in [1.54, 1.807) is 0 Å². The lowest BCUT2D eigenvalue weighted by Gasteiger charge is -2.58. The second kappa shape index (κ2) is 6.62. The molecule has 4 aliphatic rings. The first kappa shape index (κ1) is 20.5. The fourth-order valence-corrected chi connectivity index (χ4v) is 6.43. The summed E-state index contributed by atoms with van der Waals surface area (Å²) in [5.41, 5.74) is -0.518. The molecule has 0 aromatic carbocycles. The van der Waals surface area contributed by atoms with Gasteiger partial charge in [-0.25, -0.2) is 0 Å². The highest BCUT2D eigenvalue weighted by Gasteiger charge is 2.81. The Bertz CT molecular complexity index is 738. The summed E-state index contributed by atoms with van der Waals surface area (Å²) < 4.78 is 39.8. The third-order valence-electron chi connectivity index (χ3n) is 7.62. The first-order valence-corrected chi connectivity index (χ1v) is 11.4. The predicted molar refractivity (Wildman–Crippen MR) is 98.9 cm³/mol. The highest BCUT2D eigenvalue weighted by molar-refractivity contribution is 7.54. The zero-order valence-electron chi connectivity index (χ0n) is 16.8. The quantitative estimate of drug-likeness (QED) is 0.304. The molecule has 0 radical (unpaired) electrons. The monoisotopic (exact) mass is 416 g/mol. The van der Waals surface area contributed by atoms with E-state index in [0.29, 0.717) is 19.4 Å². The van der Waals surface area contributed by atoms with Crippen LogP contribution in [0.1, 0.15) is 33.1 Å². The minimum absolute atomic E-state index is 0.0547. The van der Waals surface area contributed by atoms with Crippen LogP contribution in [0.25, 0.3) is 0 Å². The molecule has 28 heavy (non-hydrogen) atoms. The largest absolute Gasteiger partial charge is 0.464 e. The molecule has 6 atom stereocenters. The average Bonchev–Trinajstić information content (AvgIpc) is 3.44. The topological polar surface area (TPSA) is 104 Å². The summed E-state index contributed by atoms with van der Waals surface area (Å²) in [6.07, 6.45) is 2.64. The number of fused-ring (bicyclic) bond motifs is 2. The van der Waals surface area contributed by atoms with Crippen LogP contribution in [0.5, 0.6) is 0 Å². The van der Waals surface area contributed by atoms with Crippen molar-refractivity contribution >= 4 is 13.6 Å². The summed E-state index contributed by atoms with van der Waals surface area (Å²) in [7, 11) is -1.03. The molecule has 2 bridgehead atoms. The van der Waals surface area contributed by atoms with Crippen molar-refractivity contribution in [2.75, 3.05) is 33.6 Å². The molecule has 1 saturated carbocycles. The van der Waals surface area contributed by atoms with E-state index < -0.39 is 42.3 Å². The summed E-state index contributed by atoms with van der Waals surface area (Å²) in [5, 5.41) is 11.0. The minimum Gasteiger partial charge on any atom is -0.464 e. The number of carbonyl (C=O) groups excluding carboxylic acids is 1. The molecule has 158 valence electrons. The number of carbonyl (C=O) groups is 1. The SMILES string of the molecule is COP(=O)(CC(=O)OC[C@]12CCC(C)=C[C@H]1O[C@@H]1C[C@@H](O)C2(C)C12CO2)OC. The number of ether oxygens (including phenoxy) is 3. The predicted octanol–water partition coefficient (Wildman–Crippen LogP) is 2.05. The fraction of sp³-hybridized carbons (Fsp3) is 0.842. The molecule has 0 aromatic rings. The zero-order valence-corrected chi connectivity index (χ0v) is 17.7. The van der Waals surface area contributed by atoms with Gasteiger partial charge in [-0.3, -0.25) is 9.36 Å². The smallest absolute Gasteiger partial charge is 0.341 e. The van der Waals surface area contributed by atoms with Gasteiger partial charge in [0, 0.05) is 31.5 Å². The van der Waals surface area contributed by atoms with Gasteiger partial charge in [0.25, 0.3) is 0 Å². The Morgan fingerprint density at radius 3 is 2.68 bits per heavy atom. The zero-order chi connectivity index (χ0) is 20.4. The van der Waals surface area contributed by atoms with E-state index >= 15 is 0 Å². The number of esters is 1. The Morgan fingerprint density at radius 1 is 1.39 bits per heavy atom. The second-order valence-corrected chi connectivity index (χ2v) is 10.9. The van der Waals surface area contributed by atoms with Crippen LogP contribution in [0, 0.1) is 10.8 Å². The number of aliphatic hydroxyl groups excluding tert-OH is 1. The van der Waals surface area contributed by atoms with Gasteiger partial charge in [0.15, 0.2) is 0 Å². The molecule has 8 nitrogen and oxygen atoms in total. The van der Waals surface area contributed by atoms with Crippen LogP contribution in [-0.2, 0) is 32.6 Å². The van der Waals surface area contributed by atoms with E-state index in [1.165, 1.54) is 19.8 Å². The van der Waals surface area contributed by atoms with Crippen LogP contribution in [0.4, 0.5) is 0 Å². The molecule has 3 fully saturated rings. The van der Waals surface area contributed by atoms with E-state index in [-0.39, 0.29) is 18.8 Å². The number of allylic oxidation sites excluding steroid dienone is 1. The average molecular weight is 416 g/mol. The highest BCUT2D eigenvalue weighted by Crippen LogP contribution is 2.71. The summed E-state index contributed by atoms with van der Waals surface area (Å²) in [6, 6.07) is 0. The molecule has 2 saturated heterocycles. The second-order valence-electron chi connectivity index (χ2n) is 8.64. The maximum Gasteiger partial charge on any atom is 0.341 e. The van der Waals surface area contributed by atoms with Crippen molar-refractivity contribution in [3.05, 3.63) is 11.6 Å². The fourth-order valence-electron chi connectivity index (χ4n) is 5.61. The third-order valence-corrected chi connectivity index (χ3v) is 9.38. The molecule has 0 aromatic heterocycles. The van der Waals surface area contributed by atoms with E-state index in [9.17, 15) is 14.5 Å². The van der Waals surface area contributed by atoms with Gasteiger partial charge in [0.05, 0.1) is 24.9 Å². The molecule has 1 spiro atoms. The Morgan fingerprint density at radius 2 is 2.07 bits per heavy atom. The molecule has 0 amide bonds. The number of rotatable bonds is 6. The lowest BCUT2D eigenvalue weighted by Crippen LogP contribution is -2.66. The van der Waals surface area contributed by atoms with Gasteiger partial charge in [-0.1, -0.05) is 18.6 Å². The molecule has 2 heterocycles. The first-order valence-electron chi connectivity index (χ1n) is 9.67. The van der Waals surface area contributed by atoms with Crippen LogP contribution in [0.15, 0.2) is 11.6 Å². The maximum atomic E-state index is 12.4. The van der Waals surface area contributed by atoms with Crippen molar-refractivity contribution < 1.29 is 37.7 Å². The van der Waals surface area contributed by atoms with Crippen molar-refractivity contribution in [1.82, 2.24) is 0 Å². The molecular weight excluding hydrogens is 387 g/mol. The van der Waals surface area contributed by atoms with Crippen molar-refractivity contribution in [3.63, 3.8) is 0 Å². The van der Waals surface area contributed by atoms with Gasteiger partial charge in [-0.2, -0.15) is 0 Å². The normalized spacial score (nSPS) is 44.2. The van der Waals surface area contributed by atoms with Gasteiger partial charge < -0.3 is 28.4 Å². The van der Waals surface area contributed by atoms with E-state index in [1.807, 2.05) is 6.92 Å². The summed E-state index contributed by atoms with van der Waals surface area (Å²) in [4.78, 5) is 12.4. The van der Waals surface area contributed by atoms with Crippen molar-refractivity contribution in [2.24, 2.45) is 10.8 Å². The van der Waals surface area contributed by atoms with E-state index in [4.69, 9.17) is 23.3 Å². The van der Waals surface area contributed by atoms with Gasteiger partial charge in [0.1, 0.15) is 18.4 Å². The Hall–Kier alpha value is -0.760. The first-order chi connectivity index (χ1) is 13.2. The van der Waals surface area contributed by atoms with E-state index in [2.05, 4.69) is 13.0 Å². The molecule has 2 aliphatic carbocycles. The highest BCUT2D eigenvalue weighted by atomic mass is 31.2. The number of hydrogen-bond donors (Lipinski definition) is 1. The molecule has 2 aliphatic heterocycles. The summed E-state index contributed by atoms with van der Waals surface area (Å²) >= 11 is 0. The van der Waals surface area contributed by atoms with Crippen LogP contribution in [0.3, 0.4) is 0 Å². The van der Waals surface area contributed by atoms with Crippen LogP contribution in [0.2, 0.25) is 0 Å².